The van der Waals surface area contributed by atoms with Crippen molar-refractivity contribution in [2.75, 3.05) is 0 Å². The van der Waals surface area contributed by atoms with Crippen LogP contribution in [0.5, 0.6) is 11.6 Å². The topological polar surface area (TPSA) is 76.8 Å². The van der Waals surface area contributed by atoms with E-state index in [1.54, 1.807) is 6.07 Å². The van der Waals surface area contributed by atoms with E-state index in [-0.39, 0.29) is 0 Å². The maximum atomic E-state index is 5.77. The Bertz CT molecular complexity index is 677. The summed E-state index contributed by atoms with van der Waals surface area (Å²) in [5.74, 6) is 1.26. The van der Waals surface area contributed by atoms with Crippen molar-refractivity contribution in [3.05, 3.63) is 48.5 Å². The molecule has 0 spiro atoms. The summed E-state index contributed by atoms with van der Waals surface area (Å²) >= 11 is 0. The molecule has 0 fully saturated rings. The summed E-state index contributed by atoms with van der Waals surface area (Å²) in [6, 6.07) is 9.54. The Labute approximate surface area is 104 Å². The van der Waals surface area contributed by atoms with Gasteiger partial charge < -0.3 is 15.5 Å². The first-order valence-electron chi connectivity index (χ1n) is 5.62. The number of hydrogen-bond acceptors (Lipinski definition) is 4. The number of nitrogens with one attached hydrogen (secondary N) is 1. The van der Waals surface area contributed by atoms with E-state index in [0.717, 1.165) is 22.3 Å². The van der Waals surface area contributed by atoms with Crippen LogP contribution >= 0.6 is 0 Å². The SMILES string of the molecule is NCc1cc(Oc2cccc3[nH]ccc23)ncn1. The van der Waals surface area contributed by atoms with Gasteiger partial charge in [0.05, 0.1) is 5.69 Å². The molecule has 0 bridgehead atoms. The van der Waals surface area contributed by atoms with E-state index in [4.69, 9.17) is 10.5 Å². The Morgan fingerprint density at radius 3 is 3.06 bits per heavy atom. The fourth-order valence-electron chi connectivity index (χ4n) is 1.80. The van der Waals surface area contributed by atoms with Crippen LogP contribution < -0.4 is 10.5 Å². The summed E-state index contributed by atoms with van der Waals surface area (Å²) in [5.41, 5.74) is 7.31. The molecule has 0 aliphatic rings. The maximum absolute atomic E-state index is 5.77. The van der Waals surface area contributed by atoms with Gasteiger partial charge in [-0.05, 0) is 18.2 Å². The van der Waals surface area contributed by atoms with E-state index in [1.807, 2.05) is 30.5 Å². The van der Waals surface area contributed by atoms with Crippen LogP contribution in [0, 0.1) is 0 Å². The summed E-state index contributed by atoms with van der Waals surface area (Å²) < 4.78 is 5.77. The Hall–Kier alpha value is -2.40. The minimum atomic E-state index is 0.368. The van der Waals surface area contributed by atoms with Crippen LogP contribution in [0.25, 0.3) is 10.9 Å². The van der Waals surface area contributed by atoms with Gasteiger partial charge >= 0.3 is 0 Å². The standard InChI is InChI=1S/C13H12N4O/c14-7-9-6-13(17-8-16-9)18-12-3-1-2-11-10(12)4-5-15-11/h1-6,8,15H,7,14H2. The molecule has 3 aromatic rings. The molecule has 0 amide bonds. The molecule has 18 heavy (non-hydrogen) atoms. The monoisotopic (exact) mass is 240 g/mol. The largest absolute Gasteiger partial charge is 0.438 e. The molecule has 0 unspecified atom stereocenters. The van der Waals surface area contributed by atoms with Crippen LogP contribution in [0.1, 0.15) is 5.69 Å². The highest BCUT2D eigenvalue weighted by Gasteiger charge is 2.05. The first-order valence-corrected chi connectivity index (χ1v) is 5.62. The quantitative estimate of drug-likeness (QED) is 0.735. The molecule has 2 aromatic heterocycles. The molecule has 90 valence electrons. The molecule has 0 radical (unpaired) electrons. The first-order chi connectivity index (χ1) is 8.86. The molecule has 1 aromatic carbocycles. The fraction of sp³-hybridized carbons (Fsp3) is 0.0769. The number of aromatic nitrogens is 3. The molecule has 5 nitrogen and oxygen atoms in total. The highest BCUT2D eigenvalue weighted by molar-refractivity contribution is 5.85. The lowest BCUT2D eigenvalue weighted by Crippen LogP contribution is -2.00. The van der Waals surface area contributed by atoms with Gasteiger partial charge in [-0.1, -0.05) is 6.07 Å². The summed E-state index contributed by atoms with van der Waals surface area (Å²) in [6.07, 6.45) is 3.33. The molecule has 0 atom stereocenters. The van der Waals surface area contributed by atoms with E-state index in [1.165, 1.54) is 6.33 Å². The number of hydrogen-bond donors (Lipinski definition) is 2. The number of aromatic amines is 1. The second-order valence-corrected chi connectivity index (χ2v) is 3.85. The molecule has 5 heteroatoms. The average Bonchev–Trinajstić information content (AvgIpc) is 2.88. The summed E-state index contributed by atoms with van der Waals surface area (Å²) in [7, 11) is 0. The number of benzene rings is 1. The van der Waals surface area contributed by atoms with Gasteiger partial charge in [0.2, 0.25) is 5.88 Å². The van der Waals surface area contributed by atoms with Gasteiger partial charge in [0, 0.05) is 29.7 Å². The van der Waals surface area contributed by atoms with Gasteiger partial charge in [-0.3, -0.25) is 0 Å². The smallest absolute Gasteiger partial charge is 0.222 e. The van der Waals surface area contributed by atoms with Crippen LogP contribution in [0.4, 0.5) is 0 Å². The van der Waals surface area contributed by atoms with Gasteiger partial charge in [0.1, 0.15) is 12.1 Å². The van der Waals surface area contributed by atoms with Crippen molar-refractivity contribution in [1.82, 2.24) is 15.0 Å². The van der Waals surface area contributed by atoms with Crippen molar-refractivity contribution < 1.29 is 4.74 Å². The highest BCUT2D eigenvalue weighted by Crippen LogP contribution is 2.28. The number of rotatable bonds is 3. The zero-order chi connectivity index (χ0) is 12.4. The third-order valence-corrected chi connectivity index (χ3v) is 2.68. The number of nitrogens with two attached hydrogens (primary N) is 1. The van der Waals surface area contributed by atoms with Crippen LogP contribution in [0.2, 0.25) is 0 Å². The maximum Gasteiger partial charge on any atom is 0.222 e. The van der Waals surface area contributed by atoms with E-state index >= 15 is 0 Å². The molecular formula is C13H12N4O. The van der Waals surface area contributed by atoms with E-state index in [9.17, 15) is 0 Å². The molecule has 3 N–H and O–H groups in total. The predicted molar refractivity (Wildman–Crippen MR) is 68.3 cm³/mol. The van der Waals surface area contributed by atoms with Gasteiger partial charge in [-0.2, -0.15) is 0 Å². The van der Waals surface area contributed by atoms with Crippen molar-refractivity contribution in [2.24, 2.45) is 5.73 Å². The minimum absolute atomic E-state index is 0.368. The second kappa shape index (κ2) is 4.46. The van der Waals surface area contributed by atoms with Gasteiger partial charge in [0.25, 0.3) is 0 Å². The Morgan fingerprint density at radius 1 is 1.22 bits per heavy atom. The third-order valence-electron chi connectivity index (χ3n) is 2.68. The Balaban J connectivity index is 1.98. The number of H-pyrrole nitrogens is 1. The number of nitrogens with zero attached hydrogens (tertiary/aromatic N) is 2. The molecule has 2 heterocycles. The Kier molecular flexibility index (Phi) is 2.66. The normalized spacial score (nSPS) is 10.7. The zero-order valence-electron chi connectivity index (χ0n) is 9.63. The molecule has 0 saturated carbocycles. The molecule has 0 aliphatic heterocycles. The fourth-order valence-corrected chi connectivity index (χ4v) is 1.80. The molecular weight excluding hydrogens is 228 g/mol. The van der Waals surface area contributed by atoms with Crippen molar-refractivity contribution in [3.8, 4) is 11.6 Å². The minimum Gasteiger partial charge on any atom is -0.438 e. The second-order valence-electron chi connectivity index (χ2n) is 3.85. The molecule has 3 rings (SSSR count). The zero-order valence-corrected chi connectivity index (χ0v) is 9.63. The summed E-state index contributed by atoms with van der Waals surface area (Å²) in [4.78, 5) is 11.2. The average molecular weight is 240 g/mol. The van der Waals surface area contributed by atoms with Gasteiger partial charge in [-0.25, -0.2) is 9.97 Å². The third kappa shape index (κ3) is 1.91. The van der Waals surface area contributed by atoms with Gasteiger partial charge in [0.15, 0.2) is 0 Å². The van der Waals surface area contributed by atoms with Gasteiger partial charge in [-0.15, -0.1) is 0 Å². The molecule has 0 aliphatic carbocycles. The van der Waals surface area contributed by atoms with Crippen molar-refractivity contribution in [1.29, 1.82) is 0 Å². The summed E-state index contributed by atoms with van der Waals surface area (Å²) in [5, 5.41) is 1.02. The predicted octanol–water partition coefficient (Wildman–Crippen LogP) is 2.21. The van der Waals surface area contributed by atoms with Crippen LogP contribution in [-0.2, 0) is 6.54 Å². The van der Waals surface area contributed by atoms with Crippen molar-refractivity contribution in [3.63, 3.8) is 0 Å². The lowest BCUT2D eigenvalue weighted by molar-refractivity contribution is 0.465. The Morgan fingerprint density at radius 2 is 2.17 bits per heavy atom. The summed E-state index contributed by atoms with van der Waals surface area (Å²) in [6.45, 7) is 0.368. The molecule has 0 saturated heterocycles. The first kappa shape index (κ1) is 10.7. The lowest BCUT2D eigenvalue weighted by Gasteiger charge is -2.06. The number of fused-ring (bicyclic) bond motifs is 1. The van der Waals surface area contributed by atoms with Crippen LogP contribution in [-0.4, -0.2) is 15.0 Å². The van der Waals surface area contributed by atoms with Crippen molar-refractivity contribution in [2.45, 2.75) is 6.54 Å². The van der Waals surface area contributed by atoms with E-state index < -0.39 is 0 Å². The van der Waals surface area contributed by atoms with Crippen molar-refractivity contribution >= 4 is 10.9 Å². The highest BCUT2D eigenvalue weighted by atomic mass is 16.5. The van der Waals surface area contributed by atoms with E-state index in [0.29, 0.717) is 12.4 Å². The van der Waals surface area contributed by atoms with Crippen LogP contribution in [0.15, 0.2) is 42.9 Å². The number of ether oxygens (including phenoxy) is 1. The lowest BCUT2D eigenvalue weighted by atomic mass is 10.2. The van der Waals surface area contributed by atoms with E-state index in [2.05, 4.69) is 15.0 Å². The van der Waals surface area contributed by atoms with Crippen LogP contribution in [0.3, 0.4) is 0 Å².